The molecule has 0 saturated carbocycles. The van der Waals surface area contributed by atoms with Crippen LogP contribution >= 0.6 is 0 Å². The van der Waals surface area contributed by atoms with E-state index in [1.165, 1.54) is 12.1 Å². The lowest BCUT2D eigenvalue weighted by Crippen LogP contribution is -1.92. The lowest BCUT2D eigenvalue weighted by atomic mass is 10.1. The molecule has 0 N–H and O–H groups in total. The molecule has 19 heavy (non-hydrogen) atoms. The SMILES string of the molecule is C[C@H](N=Cc1cccc([N+](=O)[O-])c1)c1ccccc1. The highest BCUT2D eigenvalue weighted by Gasteiger charge is 2.05. The number of aliphatic imine (C=N–C) groups is 1. The Hall–Kier alpha value is -2.49. The molecule has 96 valence electrons. The Balaban J connectivity index is 2.14. The van der Waals surface area contributed by atoms with Crippen molar-refractivity contribution in [3.05, 3.63) is 75.8 Å². The Morgan fingerprint density at radius 1 is 1.16 bits per heavy atom. The highest BCUT2D eigenvalue weighted by Crippen LogP contribution is 2.16. The van der Waals surface area contributed by atoms with Crippen LogP contribution in [0.5, 0.6) is 0 Å². The van der Waals surface area contributed by atoms with Gasteiger partial charge in [-0.25, -0.2) is 0 Å². The fraction of sp³-hybridized carbons (Fsp3) is 0.133. The summed E-state index contributed by atoms with van der Waals surface area (Å²) in [7, 11) is 0. The van der Waals surface area contributed by atoms with Crippen molar-refractivity contribution in [2.45, 2.75) is 13.0 Å². The van der Waals surface area contributed by atoms with Crippen molar-refractivity contribution < 1.29 is 4.92 Å². The van der Waals surface area contributed by atoms with Gasteiger partial charge in [-0.15, -0.1) is 0 Å². The van der Waals surface area contributed by atoms with Gasteiger partial charge in [0.05, 0.1) is 11.0 Å². The molecule has 4 heteroatoms. The zero-order valence-corrected chi connectivity index (χ0v) is 10.6. The molecule has 0 fully saturated rings. The second-order valence-electron chi connectivity index (χ2n) is 4.22. The van der Waals surface area contributed by atoms with Gasteiger partial charge >= 0.3 is 0 Å². The molecule has 0 aromatic heterocycles. The van der Waals surface area contributed by atoms with Gasteiger partial charge in [-0.1, -0.05) is 42.5 Å². The number of nitro benzene ring substituents is 1. The van der Waals surface area contributed by atoms with Crippen LogP contribution in [0, 0.1) is 10.1 Å². The molecular formula is C15H14N2O2. The Bertz CT molecular complexity index is 594. The van der Waals surface area contributed by atoms with Gasteiger partial charge in [-0.3, -0.25) is 15.1 Å². The number of benzene rings is 2. The topological polar surface area (TPSA) is 55.5 Å². The minimum atomic E-state index is -0.405. The number of non-ortho nitro benzene ring substituents is 1. The summed E-state index contributed by atoms with van der Waals surface area (Å²) in [5.74, 6) is 0. The molecule has 0 radical (unpaired) electrons. The third-order valence-electron chi connectivity index (χ3n) is 2.81. The second-order valence-corrected chi connectivity index (χ2v) is 4.22. The summed E-state index contributed by atoms with van der Waals surface area (Å²) in [5, 5.41) is 10.7. The molecule has 0 amide bonds. The molecule has 0 saturated heterocycles. The zero-order chi connectivity index (χ0) is 13.7. The van der Waals surface area contributed by atoms with Crippen LogP contribution in [0.4, 0.5) is 5.69 Å². The van der Waals surface area contributed by atoms with Crippen molar-refractivity contribution >= 4 is 11.9 Å². The molecule has 2 aromatic carbocycles. The number of hydrogen-bond acceptors (Lipinski definition) is 3. The Labute approximate surface area is 111 Å². The highest BCUT2D eigenvalue weighted by atomic mass is 16.6. The predicted octanol–water partition coefficient (Wildman–Crippen LogP) is 3.77. The lowest BCUT2D eigenvalue weighted by molar-refractivity contribution is -0.384. The van der Waals surface area contributed by atoms with E-state index < -0.39 is 4.92 Å². The van der Waals surface area contributed by atoms with E-state index in [0.717, 1.165) is 11.1 Å². The normalized spacial score (nSPS) is 12.5. The Kier molecular flexibility index (Phi) is 4.03. The first-order valence-electron chi connectivity index (χ1n) is 5.99. The van der Waals surface area contributed by atoms with E-state index in [2.05, 4.69) is 4.99 Å². The second kappa shape index (κ2) is 5.91. The summed E-state index contributed by atoms with van der Waals surface area (Å²) in [4.78, 5) is 14.7. The van der Waals surface area contributed by atoms with Crippen LogP contribution in [0.15, 0.2) is 59.6 Å². The van der Waals surface area contributed by atoms with Crippen LogP contribution in [0.25, 0.3) is 0 Å². The van der Waals surface area contributed by atoms with Crippen molar-refractivity contribution in [1.82, 2.24) is 0 Å². The maximum Gasteiger partial charge on any atom is 0.270 e. The summed E-state index contributed by atoms with van der Waals surface area (Å²) in [6, 6.07) is 16.4. The van der Waals surface area contributed by atoms with Crippen LogP contribution in [-0.4, -0.2) is 11.1 Å². The molecule has 0 bridgehead atoms. The summed E-state index contributed by atoms with van der Waals surface area (Å²) in [6.07, 6.45) is 1.67. The molecule has 0 aliphatic carbocycles. The van der Waals surface area contributed by atoms with Gasteiger partial charge in [0.25, 0.3) is 5.69 Å². The quantitative estimate of drug-likeness (QED) is 0.473. The largest absolute Gasteiger partial charge is 0.285 e. The predicted molar refractivity (Wildman–Crippen MR) is 75.5 cm³/mol. The van der Waals surface area contributed by atoms with E-state index in [1.54, 1.807) is 18.3 Å². The molecule has 1 atom stereocenters. The average molecular weight is 254 g/mol. The number of nitro groups is 1. The van der Waals surface area contributed by atoms with Crippen LogP contribution in [0.1, 0.15) is 24.1 Å². The van der Waals surface area contributed by atoms with Crippen molar-refractivity contribution in [2.24, 2.45) is 4.99 Å². The summed E-state index contributed by atoms with van der Waals surface area (Å²) in [6.45, 7) is 1.99. The van der Waals surface area contributed by atoms with Crippen molar-refractivity contribution in [3.63, 3.8) is 0 Å². The maximum absolute atomic E-state index is 10.7. The minimum absolute atomic E-state index is 0.0282. The van der Waals surface area contributed by atoms with Gasteiger partial charge in [-0.05, 0) is 18.1 Å². The molecule has 0 aliphatic rings. The Morgan fingerprint density at radius 2 is 1.89 bits per heavy atom. The molecule has 0 unspecified atom stereocenters. The van der Waals surface area contributed by atoms with Crippen LogP contribution in [0.3, 0.4) is 0 Å². The smallest absolute Gasteiger partial charge is 0.270 e. The first-order valence-corrected chi connectivity index (χ1v) is 5.99. The minimum Gasteiger partial charge on any atom is -0.285 e. The van der Waals surface area contributed by atoms with E-state index in [9.17, 15) is 10.1 Å². The lowest BCUT2D eigenvalue weighted by Gasteiger charge is -2.05. The number of hydrogen-bond donors (Lipinski definition) is 0. The first kappa shape index (κ1) is 13.0. The average Bonchev–Trinajstić information content (AvgIpc) is 2.46. The first-order chi connectivity index (χ1) is 9.16. The fourth-order valence-electron chi connectivity index (χ4n) is 1.73. The molecular weight excluding hydrogens is 240 g/mol. The van der Waals surface area contributed by atoms with Crippen molar-refractivity contribution in [1.29, 1.82) is 0 Å². The van der Waals surface area contributed by atoms with E-state index in [0.29, 0.717) is 0 Å². The summed E-state index contributed by atoms with van der Waals surface area (Å²) in [5.41, 5.74) is 1.93. The van der Waals surface area contributed by atoms with Gasteiger partial charge in [-0.2, -0.15) is 0 Å². The van der Waals surface area contributed by atoms with Crippen LogP contribution in [-0.2, 0) is 0 Å². The molecule has 0 aliphatic heterocycles. The van der Waals surface area contributed by atoms with Crippen LogP contribution < -0.4 is 0 Å². The van der Waals surface area contributed by atoms with Gasteiger partial charge in [0.2, 0.25) is 0 Å². The van der Waals surface area contributed by atoms with E-state index in [-0.39, 0.29) is 11.7 Å². The third-order valence-corrected chi connectivity index (χ3v) is 2.81. The Morgan fingerprint density at radius 3 is 2.58 bits per heavy atom. The fourth-order valence-corrected chi connectivity index (χ4v) is 1.73. The van der Waals surface area contributed by atoms with Crippen molar-refractivity contribution in [2.75, 3.05) is 0 Å². The number of rotatable bonds is 4. The van der Waals surface area contributed by atoms with Gasteiger partial charge in [0.15, 0.2) is 0 Å². The molecule has 0 heterocycles. The molecule has 2 aromatic rings. The third kappa shape index (κ3) is 3.48. The van der Waals surface area contributed by atoms with E-state index >= 15 is 0 Å². The number of nitrogens with zero attached hydrogens (tertiary/aromatic N) is 2. The zero-order valence-electron chi connectivity index (χ0n) is 10.6. The monoisotopic (exact) mass is 254 g/mol. The van der Waals surface area contributed by atoms with E-state index in [1.807, 2.05) is 37.3 Å². The molecule has 0 spiro atoms. The van der Waals surface area contributed by atoms with Gasteiger partial charge in [0.1, 0.15) is 0 Å². The summed E-state index contributed by atoms with van der Waals surface area (Å²) >= 11 is 0. The standard InChI is InChI=1S/C15H14N2O2/c1-12(14-7-3-2-4-8-14)16-11-13-6-5-9-15(10-13)17(18)19/h2-12H,1H3/t12-/m0/s1. The van der Waals surface area contributed by atoms with Gasteiger partial charge in [0, 0.05) is 18.3 Å². The molecule has 2 rings (SSSR count). The van der Waals surface area contributed by atoms with Gasteiger partial charge < -0.3 is 0 Å². The van der Waals surface area contributed by atoms with Crippen molar-refractivity contribution in [3.8, 4) is 0 Å². The molecule has 4 nitrogen and oxygen atoms in total. The van der Waals surface area contributed by atoms with E-state index in [4.69, 9.17) is 0 Å². The maximum atomic E-state index is 10.7. The summed E-state index contributed by atoms with van der Waals surface area (Å²) < 4.78 is 0. The highest BCUT2D eigenvalue weighted by molar-refractivity contribution is 5.80. The van der Waals surface area contributed by atoms with Crippen LogP contribution in [0.2, 0.25) is 0 Å².